The van der Waals surface area contributed by atoms with Crippen molar-refractivity contribution in [3.63, 3.8) is 0 Å². The van der Waals surface area contributed by atoms with Gasteiger partial charge in [-0.25, -0.2) is 8.42 Å². The van der Waals surface area contributed by atoms with Crippen LogP contribution in [0.1, 0.15) is 10.4 Å². The molecule has 26 heavy (non-hydrogen) atoms. The molecule has 0 unspecified atom stereocenters. The molecule has 0 N–H and O–H groups in total. The average molecular weight is 393 g/mol. The summed E-state index contributed by atoms with van der Waals surface area (Å²) in [6.07, 6.45) is 3.08. The second kappa shape index (κ2) is 7.94. The fourth-order valence-electron chi connectivity index (χ4n) is 2.51. The van der Waals surface area contributed by atoms with Gasteiger partial charge in [0.2, 0.25) is 10.0 Å². The topological polar surface area (TPSA) is 69.0 Å². The van der Waals surface area contributed by atoms with E-state index < -0.39 is 10.0 Å². The number of thiophene rings is 1. The molecule has 0 amide bonds. The van der Waals surface area contributed by atoms with Crippen LogP contribution in [0.3, 0.4) is 0 Å². The van der Waals surface area contributed by atoms with Gasteiger partial charge in [0.1, 0.15) is 0 Å². The minimum atomic E-state index is -3.75. The van der Waals surface area contributed by atoms with Crippen LogP contribution in [0.4, 0.5) is 0 Å². The van der Waals surface area contributed by atoms with Crippen LogP contribution < -0.4 is 9.47 Å². The number of hydrogen-bond donors (Lipinski definition) is 0. The van der Waals surface area contributed by atoms with Crippen molar-refractivity contribution >= 4 is 21.4 Å². The van der Waals surface area contributed by atoms with Gasteiger partial charge in [0.05, 0.1) is 31.6 Å². The molecule has 0 spiro atoms. The van der Waals surface area contributed by atoms with E-state index in [4.69, 9.17) is 13.9 Å². The number of hydrogen-bond acceptors (Lipinski definition) is 6. The predicted octanol–water partition coefficient (Wildman–Crippen LogP) is 3.75. The van der Waals surface area contributed by atoms with E-state index >= 15 is 0 Å². The van der Waals surface area contributed by atoms with E-state index in [2.05, 4.69) is 0 Å². The molecule has 2 aromatic heterocycles. The molecule has 1 aromatic carbocycles. The van der Waals surface area contributed by atoms with Gasteiger partial charge in [-0.3, -0.25) is 0 Å². The first-order valence-corrected chi connectivity index (χ1v) is 10.1. The predicted molar refractivity (Wildman–Crippen MR) is 99.0 cm³/mol. The van der Waals surface area contributed by atoms with Gasteiger partial charge in [0.15, 0.2) is 11.5 Å². The Balaban J connectivity index is 1.97. The maximum absolute atomic E-state index is 13.3. The number of methoxy groups -OCH3 is 2. The van der Waals surface area contributed by atoms with Crippen molar-refractivity contribution in [3.05, 3.63) is 64.7 Å². The molecule has 0 aliphatic carbocycles. The first-order valence-electron chi connectivity index (χ1n) is 7.80. The fraction of sp³-hybridized carbons (Fsp3) is 0.222. The Morgan fingerprint density at radius 3 is 2.50 bits per heavy atom. The Hall–Kier alpha value is -2.29. The van der Waals surface area contributed by atoms with Crippen molar-refractivity contribution < 1.29 is 22.3 Å². The van der Waals surface area contributed by atoms with Crippen LogP contribution in [-0.4, -0.2) is 26.9 Å². The monoisotopic (exact) mass is 393 g/mol. The molecular weight excluding hydrogens is 374 g/mol. The van der Waals surface area contributed by atoms with Crippen LogP contribution in [0.15, 0.2) is 63.6 Å². The molecule has 2 heterocycles. The summed E-state index contributed by atoms with van der Waals surface area (Å²) in [7, 11) is -0.765. The van der Waals surface area contributed by atoms with E-state index in [1.807, 2.05) is 17.5 Å². The maximum Gasteiger partial charge on any atom is 0.243 e. The SMILES string of the molecule is COc1ccc(S(=O)(=O)N(Cc2ccoc2)Cc2cccs2)cc1OC. The summed E-state index contributed by atoms with van der Waals surface area (Å²) in [6, 6.07) is 10.2. The van der Waals surface area contributed by atoms with Gasteiger partial charge < -0.3 is 13.9 Å². The molecular formula is C18H19NO5S2. The summed E-state index contributed by atoms with van der Waals surface area (Å²) in [4.78, 5) is 1.10. The molecule has 6 nitrogen and oxygen atoms in total. The van der Waals surface area contributed by atoms with Crippen molar-refractivity contribution in [2.24, 2.45) is 0 Å². The van der Waals surface area contributed by atoms with Gasteiger partial charge >= 0.3 is 0 Å². The fourth-order valence-corrected chi connectivity index (χ4v) is 4.74. The van der Waals surface area contributed by atoms with Crippen molar-refractivity contribution in [2.45, 2.75) is 18.0 Å². The Kier molecular flexibility index (Phi) is 5.65. The molecule has 0 radical (unpaired) electrons. The molecule has 0 fully saturated rings. The Labute approximate surface area is 156 Å². The van der Waals surface area contributed by atoms with Crippen molar-refractivity contribution in [1.29, 1.82) is 0 Å². The highest BCUT2D eigenvalue weighted by Gasteiger charge is 2.27. The summed E-state index contributed by atoms with van der Waals surface area (Å²) in [5, 5.41) is 1.92. The minimum absolute atomic E-state index is 0.148. The van der Waals surface area contributed by atoms with E-state index in [9.17, 15) is 8.42 Å². The molecule has 0 bridgehead atoms. The smallest absolute Gasteiger partial charge is 0.243 e. The van der Waals surface area contributed by atoms with Gasteiger partial charge in [-0.05, 0) is 29.6 Å². The first kappa shape index (κ1) is 18.5. The molecule has 138 valence electrons. The molecule has 8 heteroatoms. The summed E-state index contributed by atoms with van der Waals surface area (Å²) in [6.45, 7) is 0.491. The molecule has 0 atom stereocenters. The van der Waals surface area contributed by atoms with Gasteiger partial charge in [0.25, 0.3) is 0 Å². The third-order valence-electron chi connectivity index (χ3n) is 3.84. The highest BCUT2D eigenvalue weighted by atomic mass is 32.2. The van der Waals surface area contributed by atoms with Crippen molar-refractivity contribution in [1.82, 2.24) is 4.31 Å². The molecule has 3 rings (SSSR count). The lowest BCUT2D eigenvalue weighted by Gasteiger charge is -2.21. The number of nitrogens with zero attached hydrogens (tertiary/aromatic N) is 1. The largest absolute Gasteiger partial charge is 0.493 e. The highest BCUT2D eigenvalue weighted by molar-refractivity contribution is 7.89. The lowest BCUT2D eigenvalue weighted by atomic mass is 10.3. The molecule has 0 saturated heterocycles. The second-order valence-electron chi connectivity index (χ2n) is 5.50. The van der Waals surface area contributed by atoms with E-state index in [0.717, 1.165) is 10.4 Å². The van der Waals surface area contributed by atoms with Gasteiger partial charge in [-0.2, -0.15) is 4.31 Å². The zero-order valence-corrected chi connectivity index (χ0v) is 16.0. The third kappa shape index (κ3) is 3.92. The van der Waals surface area contributed by atoms with Crippen LogP contribution in [-0.2, 0) is 23.1 Å². The third-order valence-corrected chi connectivity index (χ3v) is 6.49. The number of ether oxygens (including phenoxy) is 2. The van der Waals surface area contributed by atoms with Crippen LogP contribution in [0.2, 0.25) is 0 Å². The minimum Gasteiger partial charge on any atom is -0.493 e. The highest BCUT2D eigenvalue weighted by Crippen LogP contribution is 2.31. The van der Waals surface area contributed by atoms with Crippen LogP contribution in [0.25, 0.3) is 0 Å². The zero-order chi connectivity index (χ0) is 18.6. The normalized spacial score (nSPS) is 11.7. The second-order valence-corrected chi connectivity index (χ2v) is 8.47. The summed E-state index contributed by atoms with van der Waals surface area (Å²) < 4.78 is 43.4. The molecule has 0 aliphatic heterocycles. The zero-order valence-electron chi connectivity index (χ0n) is 14.4. The van der Waals surface area contributed by atoms with E-state index in [0.29, 0.717) is 11.5 Å². The molecule has 3 aromatic rings. The van der Waals surface area contributed by atoms with E-state index in [1.165, 1.54) is 48.3 Å². The summed E-state index contributed by atoms with van der Waals surface area (Å²) >= 11 is 1.51. The van der Waals surface area contributed by atoms with E-state index in [-0.39, 0.29) is 18.0 Å². The standard InChI is InChI=1S/C18H19NO5S2/c1-22-17-6-5-16(10-18(17)23-2)26(20,21)19(11-14-7-8-24-13-14)12-15-4-3-9-25-15/h3-10,13H,11-12H2,1-2H3. The van der Waals surface area contributed by atoms with Gasteiger partial charge in [0, 0.05) is 29.6 Å². The quantitative estimate of drug-likeness (QED) is 0.583. The first-order chi connectivity index (χ1) is 12.5. The summed E-state index contributed by atoms with van der Waals surface area (Å²) in [5.41, 5.74) is 0.783. The molecule has 0 aliphatic rings. The average Bonchev–Trinajstić information content (AvgIpc) is 3.34. The summed E-state index contributed by atoms with van der Waals surface area (Å²) in [5.74, 6) is 0.846. The van der Waals surface area contributed by atoms with Crippen LogP contribution >= 0.6 is 11.3 Å². The van der Waals surface area contributed by atoms with Crippen molar-refractivity contribution in [3.8, 4) is 11.5 Å². The van der Waals surface area contributed by atoms with E-state index in [1.54, 1.807) is 18.4 Å². The lowest BCUT2D eigenvalue weighted by Crippen LogP contribution is -2.29. The van der Waals surface area contributed by atoms with Crippen LogP contribution in [0, 0.1) is 0 Å². The van der Waals surface area contributed by atoms with Crippen LogP contribution in [0.5, 0.6) is 11.5 Å². The van der Waals surface area contributed by atoms with Gasteiger partial charge in [-0.15, -0.1) is 11.3 Å². The molecule has 0 saturated carbocycles. The number of benzene rings is 1. The Morgan fingerprint density at radius 2 is 1.88 bits per heavy atom. The maximum atomic E-state index is 13.3. The number of rotatable bonds is 8. The van der Waals surface area contributed by atoms with Crippen molar-refractivity contribution in [2.75, 3.05) is 14.2 Å². The Morgan fingerprint density at radius 1 is 1.08 bits per heavy atom. The Bertz CT molecular complexity index is 898. The number of furan rings is 1. The van der Waals surface area contributed by atoms with Gasteiger partial charge in [-0.1, -0.05) is 6.07 Å². The lowest BCUT2D eigenvalue weighted by molar-refractivity contribution is 0.353. The number of sulfonamides is 1.